The van der Waals surface area contributed by atoms with Gasteiger partial charge in [-0.05, 0) is 49.5 Å². The maximum Gasteiger partial charge on any atom is 0.227 e. The van der Waals surface area contributed by atoms with Crippen molar-refractivity contribution in [2.75, 3.05) is 18.4 Å². The number of halogens is 1. The number of hydrogen-bond donors (Lipinski definition) is 2. The number of hydrogen-bond acceptors (Lipinski definition) is 2. The number of anilines is 1. The molecule has 1 aromatic rings. The van der Waals surface area contributed by atoms with Crippen molar-refractivity contribution in [1.29, 1.82) is 0 Å². The first-order valence-corrected chi connectivity index (χ1v) is 7.31. The zero-order chi connectivity index (χ0) is 13.7. The lowest BCUT2D eigenvalue weighted by Gasteiger charge is -2.31. The number of carbonyl (C=O) groups is 1. The Hall–Kier alpha value is -1.06. The van der Waals surface area contributed by atoms with Gasteiger partial charge < -0.3 is 10.6 Å². The highest BCUT2D eigenvalue weighted by Crippen LogP contribution is 2.19. The third-order valence-corrected chi connectivity index (χ3v) is 3.97. The molecule has 112 valence electrons. The van der Waals surface area contributed by atoms with Crippen LogP contribution in [0.3, 0.4) is 0 Å². The zero-order valence-electron chi connectivity index (χ0n) is 12.3. The molecule has 2 rings (SSSR count). The molecule has 0 saturated carbocycles. The second-order valence-electron chi connectivity index (χ2n) is 5.50. The van der Waals surface area contributed by atoms with E-state index >= 15 is 0 Å². The first-order chi connectivity index (χ1) is 9.20. The minimum absolute atomic E-state index is 0. The number of nitrogens with one attached hydrogen (secondary N) is 2. The van der Waals surface area contributed by atoms with E-state index in [1.165, 1.54) is 18.4 Å². The Morgan fingerprint density at radius 3 is 2.50 bits per heavy atom. The lowest BCUT2D eigenvalue weighted by Crippen LogP contribution is -2.48. The van der Waals surface area contributed by atoms with Gasteiger partial charge in [0, 0.05) is 11.6 Å². The van der Waals surface area contributed by atoms with Crippen LogP contribution in [0.25, 0.3) is 0 Å². The maximum absolute atomic E-state index is 12.1. The lowest BCUT2D eigenvalue weighted by atomic mass is 9.88. The van der Waals surface area contributed by atoms with E-state index in [9.17, 15) is 4.79 Å². The Morgan fingerprint density at radius 2 is 2.00 bits per heavy atom. The molecule has 1 fully saturated rings. The summed E-state index contributed by atoms with van der Waals surface area (Å²) in [5.41, 5.74) is 2.25. The van der Waals surface area contributed by atoms with E-state index in [0.29, 0.717) is 5.92 Å². The summed E-state index contributed by atoms with van der Waals surface area (Å²) in [5.74, 6) is 0.706. The largest absolute Gasteiger partial charge is 0.326 e. The fraction of sp³-hybridized carbons (Fsp3) is 0.562. The molecular weight excluding hydrogens is 272 g/mol. The Labute approximate surface area is 127 Å². The summed E-state index contributed by atoms with van der Waals surface area (Å²) in [6, 6.07) is 8.24. The second-order valence-corrected chi connectivity index (χ2v) is 5.50. The summed E-state index contributed by atoms with van der Waals surface area (Å²) in [5, 5.41) is 6.22. The second kappa shape index (κ2) is 8.28. The molecule has 1 amide bonds. The molecule has 1 aliphatic rings. The van der Waals surface area contributed by atoms with Gasteiger partial charge in [0.1, 0.15) is 0 Å². The lowest BCUT2D eigenvalue weighted by molar-refractivity contribution is -0.121. The van der Waals surface area contributed by atoms with Gasteiger partial charge in [-0.3, -0.25) is 4.79 Å². The van der Waals surface area contributed by atoms with Crippen LogP contribution < -0.4 is 10.6 Å². The Morgan fingerprint density at radius 1 is 1.35 bits per heavy atom. The number of aryl methyl sites for hydroxylation is 1. The Bertz CT molecular complexity index is 415. The summed E-state index contributed by atoms with van der Waals surface area (Å²) in [4.78, 5) is 12.1. The van der Waals surface area contributed by atoms with Gasteiger partial charge in [0.2, 0.25) is 5.91 Å². The highest BCUT2D eigenvalue weighted by atomic mass is 35.5. The van der Waals surface area contributed by atoms with Crippen molar-refractivity contribution < 1.29 is 4.79 Å². The fourth-order valence-electron chi connectivity index (χ4n) is 2.27. The SMILES string of the molecule is CCCCc1ccc(NC(=O)C(C)C2CNC2)cc1.Cl. The average Bonchev–Trinajstić information content (AvgIpc) is 2.36. The van der Waals surface area contributed by atoms with Gasteiger partial charge in [0.05, 0.1) is 0 Å². The number of unbranched alkanes of at least 4 members (excludes halogenated alkanes) is 1. The number of benzene rings is 1. The summed E-state index contributed by atoms with van der Waals surface area (Å²) in [7, 11) is 0. The standard InChI is InChI=1S/C16H24N2O.ClH/c1-3-4-5-13-6-8-15(9-7-13)18-16(19)12(2)14-10-17-11-14;/h6-9,12,14,17H,3-5,10-11H2,1-2H3,(H,18,19);1H. The predicted molar refractivity (Wildman–Crippen MR) is 86.5 cm³/mol. The number of rotatable bonds is 6. The molecule has 20 heavy (non-hydrogen) atoms. The van der Waals surface area contributed by atoms with Gasteiger partial charge in [0.15, 0.2) is 0 Å². The van der Waals surface area contributed by atoms with E-state index < -0.39 is 0 Å². The van der Waals surface area contributed by atoms with Crippen LogP contribution in [0.15, 0.2) is 24.3 Å². The molecule has 3 nitrogen and oxygen atoms in total. The van der Waals surface area contributed by atoms with E-state index in [0.717, 1.165) is 25.2 Å². The van der Waals surface area contributed by atoms with Crippen molar-refractivity contribution >= 4 is 24.0 Å². The highest BCUT2D eigenvalue weighted by Gasteiger charge is 2.28. The molecule has 1 unspecified atom stereocenters. The molecule has 0 bridgehead atoms. The molecule has 4 heteroatoms. The third kappa shape index (κ3) is 4.50. The molecule has 0 aliphatic carbocycles. The first kappa shape index (κ1) is 17.0. The average molecular weight is 297 g/mol. The van der Waals surface area contributed by atoms with Crippen molar-refractivity contribution in [2.45, 2.75) is 33.1 Å². The summed E-state index contributed by atoms with van der Waals surface area (Å²) < 4.78 is 0. The number of carbonyl (C=O) groups excluding carboxylic acids is 1. The van der Waals surface area contributed by atoms with E-state index in [2.05, 4.69) is 29.7 Å². The van der Waals surface area contributed by atoms with Crippen LogP contribution in [-0.2, 0) is 11.2 Å². The molecule has 1 aliphatic heterocycles. The van der Waals surface area contributed by atoms with Gasteiger partial charge >= 0.3 is 0 Å². The van der Waals surface area contributed by atoms with Crippen LogP contribution >= 0.6 is 12.4 Å². The Kier molecular flexibility index (Phi) is 7.03. The topological polar surface area (TPSA) is 41.1 Å². The van der Waals surface area contributed by atoms with Crippen LogP contribution in [0.5, 0.6) is 0 Å². The fourth-order valence-corrected chi connectivity index (χ4v) is 2.27. The van der Waals surface area contributed by atoms with Gasteiger partial charge in [-0.2, -0.15) is 0 Å². The monoisotopic (exact) mass is 296 g/mol. The molecule has 2 N–H and O–H groups in total. The van der Waals surface area contributed by atoms with Crippen molar-refractivity contribution in [2.24, 2.45) is 11.8 Å². The van der Waals surface area contributed by atoms with Gasteiger partial charge in [-0.1, -0.05) is 32.4 Å². The molecule has 0 radical (unpaired) electrons. The molecular formula is C16H25ClN2O. The molecule has 1 aromatic carbocycles. The minimum Gasteiger partial charge on any atom is -0.326 e. The molecule has 0 spiro atoms. The van der Waals surface area contributed by atoms with E-state index in [1.54, 1.807) is 0 Å². The maximum atomic E-state index is 12.1. The van der Waals surface area contributed by atoms with Crippen molar-refractivity contribution in [3.8, 4) is 0 Å². The quantitative estimate of drug-likeness (QED) is 0.846. The molecule has 1 atom stereocenters. The molecule has 0 aromatic heterocycles. The molecule has 1 heterocycles. The highest BCUT2D eigenvalue weighted by molar-refractivity contribution is 5.92. The van der Waals surface area contributed by atoms with E-state index in [4.69, 9.17) is 0 Å². The summed E-state index contributed by atoms with van der Waals surface area (Å²) in [6.07, 6.45) is 3.55. The normalized spacial score (nSPS) is 15.9. The summed E-state index contributed by atoms with van der Waals surface area (Å²) in [6.45, 7) is 6.14. The number of amides is 1. The van der Waals surface area contributed by atoms with Crippen molar-refractivity contribution in [3.63, 3.8) is 0 Å². The van der Waals surface area contributed by atoms with E-state index in [-0.39, 0.29) is 24.2 Å². The van der Waals surface area contributed by atoms with Crippen LogP contribution in [0.2, 0.25) is 0 Å². The minimum atomic E-state index is 0. The van der Waals surface area contributed by atoms with Gasteiger partial charge in [0.25, 0.3) is 0 Å². The first-order valence-electron chi connectivity index (χ1n) is 7.31. The molecule has 1 saturated heterocycles. The van der Waals surface area contributed by atoms with Crippen LogP contribution in [0.4, 0.5) is 5.69 Å². The van der Waals surface area contributed by atoms with Crippen molar-refractivity contribution in [3.05, 3.63) is 29.8 Å². The van der Waals surface area contributed by atoms with E-state index in [1.807, 2.05) is 19.1 Å². The van der Waals surface area contributed by atoms with Gasteiger partial charge in [-0.25, -0.2) is 0 Å². The van der Waals surface area contributed by atoms with Crippen LogP contribution in [0, 0.1) is 11.8 Å². The smallest absolute Gasteiger partial charge is 0.227 e. The van der Waals surface area contributed by atoms with Crippen LogP contribution in [0.1, 0.15) is 32.3 Å². The Balaban J connectivity index is 0.00000200. The van der Waals surface area contributed by atoms with Crippen molar-refractivity contribution in [1.82, 2.24) is 5.32 Å². The third-order valence-electron chi connectivity index (χ3n) is 3.97. The van der Waals surface area contributed by atoms with Gasteiger partial charge in [-0.15, -0.1) is 12.4 Å². The summed E-state index contributed by atoms with van der Waals surface area (Å²) >= 11 is 0. The van der Waals surface area contributed by atoms with Crippen LogP contribution in [-0.4, -0.2) is 19.0 Å². The predicted octanol–water partition coefficient (Wildman–Crippen LogP) is 3.25. The zero-order valence-corrected chi connectivity index (χ0v) is 13.1.